The van der Waals surface area contributed by atoms with Crippen LogP contribution in [-0.4, -0.2) is 19.6 Å². The lowest BCUT2D eigenvalue weighted by atomic mass is 9.68. The number of hydrogen-bond donors (Lipinski definition) is 1. The zero-order valence-corrected chi connectivity index (χ0v) is 48.5. The Morgan fingerprint density at radius 3 is 1.58 bits per heavy atom. The van der Waals surface area contributed by atoms with Crippen molar-refractivity contribution in [3.63, 3.8) is 0 Å². The molecule has 0 aliphatic carbocycles. The lowest BCUT2D eigenvalue weighted by Gasteiger charge is -2.36. The Labute approximate surface area is 475 Å². The minimum atomic E-state index is -2.56. The minimum Gasteiger partial charge on any atom is -0.507 e. The van der Waals surface area contributed by atoms with Crippen LogP contribution in [0.15, 0.2) is 188 Å². The molecule has 0 spiro atoms. The zero-order valence-electron chi connectivity index (χ0n) is 51.5. The number of hydrogen-bond acceptors (Lipinski definition) is 3. The van der Waals surface area contributed by atoms with Gasteiger partial charge >= 0.3 is 0 Å². The molecule has 2 heterocycles. The van der Waals surface area contributed by atoms with Gasteiger partial charge in [0.1, 0.15) is 11.6 Å². The van der Waals surface area contributed by atoms with Crippen LogP contribution < -0.4 is 0 Å². The molecule has 0 saturated carbocycles. The molecule has 10 aromatic rings. The summed E-state index contributed by atoms with van der Waals surface area (Å²) in [6, 6.07) is 63.5. The van der Waals surface area contributed by atoms with Gasteiger partial charge in [-0.15, -0.1) is 0 Å². The molecular formula is C75H79N3O. The van der Waals surface area contributed by atoms with Crippen LogP contribution in [0.2, 0.25) is 0 Å². The summed E-state index contributed by atoms with van der Waals surface area (Å²) in [6.07, 6.45) is 5.61. The monoisotopic (exact) mass is 1040 g/mol. The Balaban J connectivity index is 1.25. The Morgan fingerprint density at radius 1 is 0.456 bits per heavy atom. The SMILES string of the molecule is [2H]C([2H])([2H])c1cc(-c2c(C(C)(CC)CC)cccc2C(C)(CC)CC)ccc1-n1c(-c2cc(C(C)(C)C)cc(C(C)(C)C)c2O)nc2c(-c3cc(-c4ccccc4)cc(-c4cc(-c5ccc(-c6ccccc6)cc5)ccn4)c3)cccc21. The van der Waals surface area contributed by atoms with Gasteiger partial charge in [-0.1, -0.05) is 210 Å². The molecule has 0 amide bonds. The van der Waals surface area contributed by atoms with Gasteiger partial charge in [-0.2, -0.15) is 0 Å². The first-order valence-electron chi connectivity index (χ1n) is 30.0. The topological polar surface area (TPSA) is 50.9 Å². The number of rotatable bonds is 14. The molecule has 2 aromatic heterocycles. The van der Waals surface area contributed by atoms with Crippen molar-refractivity contribution >= 4 is 11.0 Å². The number of imidazole rings is 1. The molecule has 0 atom stereocenters. The molecule has 400 valence electrons. The summed E-state index contributed by atoms with van der Waals surface area (Å²) in [6.45, 7) is 24.0. The van der Waals surface area contributed by atoms with Crippen molar-refractivity contribution in [3.05, 3.63) is 216 Å². The van der Waals surface area contributed by atoms with Crippen molar-refractivity contribution in [1.82, 2.24) is 14.5 Å². The van der Waals surface area contributed by atoms with Crippen LogP contribution >= 0.6 is 0 Å². The van der Waals surface area contributed by atoms with Crippen LogP contribution in [0.3, 0.4) is 0 Å². The summed E-state index contributed by atoms with van der Waals surface area (Å²) in [7, 11) is 0. The quantitative estimate of drug-likeness (QED) is 0.118. The Morgan fingerprint density at radius 2 is 1.00 bits per heavy atom. The van der Waals surface area contributed by atoms with E-state index < -0.39 is 12.3 Å². The van der Waals surface area contributed by atoms with Crippen LogP contribution in [0.25, 0.3) is 95.0 Å². The third-order valence-electron chi connectivity index (χ3n) is 17.5. The van der Waals surface area contributed by atoms with Crippen LogP contribution in [0.4, 0.5) is 0 Å². The highest BCUT2D eigenvalue weighted by atomic mass is 16.3. The molecule has 4 heteroatoms. The predicted octanol–water partition coefficient (Wildman–Crippen LogP) is 20.9. The maximum Gasteiger partial charge on any atom is 0.149 e. The summed E-state index contributed by atoms with van der Waals surface area (Å²) in [5.41, 5.74) is 17.9. The molecule has 0 bridgehead atoms. The third kappa shape index (κ3) is 10.4. The van der Waals surface area contributed by atoms with Crippen molar-refractivity contribution in [3.8, 4) is 89.7 Å². The van der Waals surface area contributed by atoms with Crippen LogP contribution in [0.5, 0.6) is 5.75 Å². The molecule has 79 heavy (non-hydrogen) atoms. The average Bonchev–Trinajstić information content (AvgIpc) is 4.04. The van der Waals surface area contributed by atoms with E-state index in [0.717, 1.165) is 98.1 Å². The molecule has 0 radical (unpaired) electrons. The van der Waals surface area contributed by atoms with Gasteiger partial charge in [0, 0.05) is 27.0 Å². The lowest BCUT2D eigenvalue weighted by molar-refractivity contribution is 0.426. The van der Waals surface area contributed by atoms with Crippen molar-refractivity contribution < 1.29 is 9.22 Å². The molecule has 4 nitrogen and oxygen atoms in total. The number of aromatic nitrogens is 3. The maximum absolute atomic E-state index is 12.8. The largest absolute Gasteiger partial charge is 0.507 e. The fraction of sp³-hybridized carbons (Fsp3) is 0.280. The van der Waals surface area contributed by atoms with Crippen molar-refractivity contribution in [2.75, 3.05) is 0 Å². The lowest BCUT2D eigenvalue weighted by Crippen LogP contribution is -2.25. The molecule has 0 saturated heterocycles. The number of pyridine rings is 1. The number of nitrogens with zero attached hydrogens (tertiary/aromatic N) is 3. The van der Waals surface area contributed by atoms with Crippen molar-refractivity contribution in [1.29, 1.82) is 0 Å². The highest BCUT2D eigenvalue weighted by Gasteiger charge is 2.34. The van der Waals surface area contributed by atoms with Gasteiger partial charge in [0.25, 0.3) is 0 Å². The molecule has 0 aliphatic heterocycles. The number of fused-ring (bicyclic) bond motifs is 1. The number of para-hydroxylation sites is 1. The van der Waals surface area contributed by atoms with E-state index in [1.54, 1.807) is 0 Å². The second-order valence-corrected chi connectivity index (χ2v) is 24.4. The Hall–Kier alpha value is -7.82. The molecule has 10 rings (SSSR count). The van der Waals surface area contributed by atoms with Gasteiger partial charge in [-0.3, -0.25) is 9.55 Å². The Bertz CT molecular complexity index is 3910. The summed E-state index contributed by atoms with van der Waals surface area (Å²) in [5.74, 6) is 0.576. The van der Waals surface area contributed by atoms with Crippen LogP contribution in [0, 0.1) is 6.85 Å². The second kappa shape index (κ2) is 21.4. The first kappa shape index (κ1) is 50.7. The van der Waals surface area contributed by atoms with Gasteiger partial charge in [-0.05, 0) is 181 Å². The average molecular weight is 1040 g/mol. The van der Waals surface area contributed by atoms with Gasteiger partial charge < -0.3 is 5.11 Å². The third-order valence-corrected chi connectivity index (χ3v) is 17.5. The zero-order chi connectivity index (χ0) is 58.5. The first-order valence-corrected chi connectivity index (χ1v) is 28.5. The second-order valence-electron chi connectivity index (χ2n) is 24.4. The number of aryl methyl sites for hydroxylation is 1. The summed E-state index contributed by atoms with van der Waals surface area (Å²) in [4.78, 5) is 10.7. The van der Waals surface area contributed by atoms with E-state index in [1.807, 2.05) is 47.2 Å². The molecule has 0 fully saturated rings. The normalized spacial score (nSPS) is 13.1. The fourth-order valence-corrected chi connectivity index (χ4v) is 11.6. The smallest absolute Gasteiger partial charge is 0.149 e. The van der Waals surface area contributed by atoms with Gasteiger partial charge in [0.15, 0.2) is 0 Å². The van der Waals surface area contributed by atoms with E-state index in [0.29, 0.717) is 28.1 Å². The van der Waals surface area contributed by atoms with E-state index in [2.05, 4.69) is 229 Å². The number of phenols is 1. The fourth-order valence-electron chi connectivity index (χ4n) is 11.6. The van der Waals surface area contributed by atoms with Gasteiger partial charge in [0.2, 0.25) is 0 Å². The summed E-state index contributed by atoms with van der Waals surface area (Å²) < 4.78 is 30.4. The number of phenolic OH excluding ortho intramolecular Hbond substituents is 1. The molecular weight excluding hydrogens is 959 g/mol. The number of aromatic hydroxyl groups is 1. The molecule has 8 aromatic carbocycles. The molecule has 1 N–H and O–H groups in total. The van der Waals surface area contributed by atoms with E-state index in [-0.39, 0.29) is 27.6 Å². The molecule has 0 aliphatic rings. The summed E-state index contributed by atoms with van der Waals surface area (Å²) >= 11 is 0. The van der Waals surface area contributed by atoms with E-state index >= 15 is 0 Å². The summed E-state index contributed by atoms with van der Waals surface area (Å²) in [5, 5.41) is 12.8. The van der Waals surface area contributed by atoms with Crippen molar-refractivity contribution in [2.45, 2.75) is 137 Å². The van der Waals surface area contributed by atoms with Gasteiger partial charge in [-0.25, -0.2) is 4.98 Å². The van der Waals surface area contributed by atoms with Crippen molar-refractivity contribution in [2.24, 2.45) is 0 Å². The van der Waals surface area contributed by atoms with E-state index in [9.17, 15) is 9.22 Å². The Kier molecular flexibility index (Phi) is 13.7. The van der Waals surface area contributed by atoms with Crippen LogP contribution in [0.1, 0.15) is 141 Å². The predicted molar refractivity (Wildman–Crippen MR) is 337 cm³/mol. The molecule has 0 unspecified atom stereocenters. The van der Waals surface area contributed by atoms with E-state index in [1.165, 1.54) is 16.7 Å². The highest BCUT2D eigenvalue weighted by molar-refractivity contribution is 5.98. The van der Waals surface area contributed by atoms with E-state index in [4.69, 9.17) is 9.97 Å². The first-order chi connectivity index (χ1) is 39.0. The van der Waals surface area contributed by atoms with Crippen LogP contribution in [-0.2, 0) is 21.7 Å². The van der Waals surface area contributed by atoms with Gasteiger partial charge in [0.05, 0.1) is 28.0 Å². The highest BCUT2D eigenvalue weighted by Crippen LogP contribution is 2.48. The standard InChI is InChI=1S/C75H79N3O/c1-14-74(12,15-2)62-31-25-32-63(75(13,16-3)17-4)68(62)55-38-39-66(49(5)42-55)78-67-33-24-30-60(69(67)77-71(78)61-47-59(72(6,7)8)48-64(70(61)79)73(9,10)11)57-43-56(51-28-22-19-23-29-51)44-58(45-57)65-46-54(40-41-76-65)53-36-34-52(35-37-53)50-26-20-18-21-27-50/h18-48,79H,14-17H2,1-13H3/i5D3. The minimum absolute atomic E-state index is 0.120. The maximum atomic E-state index is 12.8. The number of benzene rings is 8.